The van der Waals surface area contributed by atoms with Gasteiger partial charge in [-0.25, -0.2) is 5.84 Å². The van der Waals surface area contributed by atoms with Crippen LogP contribution in [-0.4, -0.2) is 5.91 Å². The first-order valence-electron chi connectivity index (χ1n) is 5.16. The summed E-state index contributed by atoms with van der Waals surface area (Å²) < 4.78 is 2.21. The minimum Gasteiger partial charge on any atom is -0.290 e. The van der Waals surface area contributed by atoms with E-state index < -0.39 is 0 Å². The average molecular weight is 343 g/mol. The molecule has 0 bridgehead atoms. The van der Waals surface area contributed by atoms with E-state index in [4.69, 9.17) is 5.84 Å². The summed E-state index contributed by atoms with van der Waals surface area (Å²) in [6, 6.07) is 9.63. The van der Waals surface area contributed by atoms with Crippen LogP contribution in [0.1, 0.15) is 15.9 Å². The molecule has 18 heavy (non-hydrogen) atoms. The van der Waals surface area contributed by atoms with Gasteiger partial charge in [-0.05, 0) is 29.1 Å². The quantitative estimate of drug-likeness (QED) is 0.387. The molecule has 3 N–H and O–H groups in total. The molecule has 6 heteroatoms. The van der Waals surface area contributed by atoms with Crippen LogP contribution in [0, 0.1) is 0 Å². The molecule has 1 heterocycles. The third-order valence-corrected chi connectivity index (χ3v) is 5.23. The topological polar surface area (TPSA) is 55.1 Å². The second-order valence-corrected chi connectivity index (χ2v) is 6.58. The second kappa shape index (κ2) is 6.38. The molecule has 0 atom stereocenters. The number of nitrogens with one attached hydrogen (secondary N) is 1. The molecule has 0 saturated carbocycles. The number of nitrogens with two attached hydrogens (primary N) is 1. The highest BCUT2D eigenvalue weighted by atomic mass is 79.9. The molecule has 1 aromatic heterocycles. The molecule has 2 rings (SSSR count). The first-order valence-corrected chi connectivity index (χ1v) is 7.82. The van der Waals surface area contributed by atoms with Crippen molar-refractivity contribution in [3.8, 4) is 0 Å². The normalized spacial score (nSPS) is 10.3. The molecule has 3 nitrogen and oxygen atoms in total. The summed E-state index contributed by atoms with van der Waals surface area (Å²) in [6.45, 7) is 0. The predicted molar refractivity (Wildman–Crippen MR) is 79.7 cm³/mol. The fraction of sp³-hybridized carbons (Fsp3) is 0.0833. The fourth-order valence-corrected chi connectivity index (χ4v) is 3.88. The van der Waals surface area contributed by atoms with Gasteiger partial charge in [0.15, 0.2) is 0 Å². The largest absolute Gasteiger partial charge is 0.290 e. The fourth-order valence-electron chi connectivity index (χ4n) is 1.38. The monoisotopic (exact) mass is 342 g/mol. The van der Waals surface area contributed by atoms with Crippen molar-refractivity contribution in [2.75, 3.05) is 0 Å². The summed E-state index contributed by atoms with van der Waals surface area (Å²) in [6.07, 6.45) is 0. The van der Waals surface area contributed by atoms with Crippen LogP contribution in [0.3, 0.4) is 0 Å². The number of carbonyl (C=O) groups excluding carboxylic acids is 1. The minimum atomic E-state index is -0.284. The highest BCUT2D eigenvalue weighted by molar-refractivity contribution is 9.10. The number of halogens is 1. The molecule has 1 aromatic carbocycles. The standard InChI is InChI=1S/C12H11BrN2OS2/c13-10-6-8(12(16)15-14)3-4-9(10)7-18-11-2-1-5-17-11/h1-6H,7,14H2,(H,15,16). The van der Waals surface area contributed by atoms with Gasteiger partial charge in [-0.1, -0.05) is 28.1 Å². The van der Waals surface area contributed by atoms with Crippen molar-refractivity contribution in [3.05, 3.63) is 51.3 Å². The number of thioether (sulfide) groups is 1. The summed E-state index contributed by atoms with van der Waals surface area (Å²) in [5, 5.41) is 2.06. The number of amides is 1. The van der Waals surface area contributed by atoms with Gasteiger partial charge in [0, 0.05) is 15.8 Å². The number of carbonyl (C=O) groups is 1. The number of rotatable bonds is 4. The van der Waals surface area contributed by atoms with E-state index >= 15 is 0 Å². The molecule has 2 aromatic rings. The third-order valence-electron chi connectivity index (χ3n) is 2.31. The lowest BCUT2D eigenvalue weighted by atomic mass is 10.1. The molecule has 0 fully saturated rings. The highest BCUT2D eigenvalue weighted by Gasteiger charge is 2.07. The lowest BCUT2D eigenvalue weighted by Crippen LogP contribution is -2.29. The van der Waals surface area contributed by atoms with Gasteiger partial charge < -0.3 is 0 Å². The van der Waals surface area contributed by atoms with Gasteiger partial charge in [-0.2, -0.15) is 0 Å². The number of hydrogen-bond acceptors (Lipinski definition) is 4. The first-order chi connectivity index (χ1) is 8.70. The Labute approximate surface area is 122 Å². The Kier molecular flexibility index (Phi) is 4.82. The zero-order valence-corrected chi connectivity index (χ0v) is 12.6. The predicted octanol–water partition coefficient (Wildman–Crippen LogP) is 3.41. The number of hydrazine groups is 1. The molecule has 0 aliphatic rings. The van der Waals surface area contributed by atoms with Crippen LogP contribution >= 0.6 is 39.0 Å². The maximum atomic E-state index is 11.4. The molecule has 1 amide bonds. The Morgan fingerprint density at radius 1 is 1.44 bits per heavy atom. The van der Waals surface area contributed by atoms with Crippen molar-refractivity contribution in [2.45, 2.75) is 9.96 Å². The SMILES string of the molecule is NNC(=O)c1ccc(CSc2cccs2)c(Br)c1. The maximum Gasteiger partial charge on any atom is 0.265 e. The number of hydrogen-bond donors (Lipinski definition) is 2. The maximum absolute atomic E-state index is 11.4. The Bertz CT molecular complexity index is 543. The molecule has 0 aliphatic carbocycles. The minimum absolute atomic E-state index is 0.284. The summed E-state index contributed by atoms with van der Waals surface area (Å²) in [7, 11) is 0. The van der Waals surface area contributed by atoms with E-state index in [-0.39, 0.29) is 5.91 Å². The van der Waals surface area contributed by atoms with Crippen LogP contribution in [0.4, 0.5) is 0 Å². The van der Waals surface area contributed by atoms with Crippen molar-refractivity contribution >= 4 is 44.9 Å². The van der Waals surface area contributed by atoms with Gasteiger partial charge >= 0.3 is 0 Å². The summed E-state index contributed by atoms with van der Waals surface area (Å²) in [4.78, 5) is 11.4. The molecular formula is C12H11BrN2OS2. The third kappa shape index (κ3) is 3.35. The van der Waals surface area contributed by atoms with Crippen LogP contribution in [0.5, 0.6) is 0 Å². The summed E-state index contributed by atoms with van der Waals surface area (Å²) in [5.74, 6) is 5.68. The van der Waals surface area contributed by atoms with Crippen molar-refractivity contribution in [2.24, 2.45) is 5.84 Å². The molecule has 94 valence electrons. The highest BCUT2D eigenvalue weighted by Crippen LogP contribution is 2.30. The Morgan fingerprint density at radius 2 is 2.28 bits per heavy atom. The number of thiophene rings is 1. The van der Waals surface area contributed by atoms with Crippen LogP contribution in [0.2, 0.25) is 0 Å². The van der Waals surface area contributed by atoms with Crippen molar-refractivity contribution < 1.29 is 4.79 Å². The van der Waals surface area contributed by atoms with E-state index in [9.17, 15) is 4.79 Å². The lowest BCUT2D eigenvalue weighted by molar-refractivity contribution is 0.0953. The molecule has 0 saturated heterocycles. The van der Waals surface area contributed by atoms with E-state index in [1.807, 2.05) is 12.1 Å². The van der Waals surface area contributed by atoms with Gasteiger partial charge in [0.05, 0.1) is 4.21 Å². The molecule has 0 unspecified atom stereocenters. The van der Waals surface area contributed by atoms with Gasteiger partial charge in [0.1, 0.15) is 0 Å². The van der Waals surface area contributed by atoms with Crippen molar-refractivity contribution in [1.29, 1.82) is 0 Å². The average Bonchev–Trinajstić information content (AvgIpc) is 2.89. The number of nitrogen functional groups attached to an aromatic ring is 1. The first kappa shape index (κ1) is 13.6. The molecule has 0 radical (unpaired) electrons. The van der Waals surface area contributed by atoms with Crippen molar-refractivity contribution in [1.82, 2.24) is 5.43 Å². The Hall–Kier alpha value is -0.820. The Balaban J connectivity index is 2.08. The van der Waals surface area contributed by atoms with Crippen LogP contribution in [0.15, 0.2) is 44.4 Å². The van der Waals surface area contributed by atoms with Crippen LogP contribution in [-0.2, 0) is 5.75 Å². The van der Waals surface area contributed by atoms with Crippen LogP contribution in [0.25, 0.3) is 0 Å². The smallest absolute Gasteiger partial charge is 0.265 e. The zero-order valence-electron chi connectivity index (χ0n) is 9.35. The summed E-state index contributed by atoms with van der Waals surface area (Å²) in [5.41, 5.74) is 3.82. The zero-order chi connectivity index (χ0) is 13.0. The molecule has 0 aliphatic heterocycles. The van der Waals surface area contributed by atoms with Gasteiger partial charge in [0.25, 0.3) is 5.91 Å². The molecule has 0 spiro atoms. The van der Waals surface area contributed by atoms with Gasteiger partial charge in [0.2, 0.25) is 0 Å². The van der Waals surface area contributed by atoms with E-state index in [1.165, 1.54) is 4.21 Å². The van der Waals surface area contributed by atoms with Gasteiger partial charge in [-0.15, -0.1) is 23.1 Å². The van der Waals surface area contributed by atoms with E-state index in [0.717, 1.165) is 15.8 Å². The van der Waals surface area contributed by atoms with E-state index in [0.29, 0.717) is 5.56 Å². The second-order valence-electron chi connectivity index (χ2n) is 3.50. The summed E-state index contributed by atoms with van der Waals surface area (Å²) >= 11 is 6.98. The van der Waals surface area contributed by atoms with E-state index in [1.54, 1.807) is 35.2 Å². The van der Waals surface area contributed by atoms with Crippen molar-refractivity contribution in [3.63, 3.8) is 0 Å². The van der Waals surface area contributed by atoms with Crippen LogP contribution < -0.4 is 11.3 Å². The Morgan fingerprint density at radius 3 is 2.89 bits per heavy atom. The van der Waals surface area contributed by atoms with Gasteiger partial charge in [-0.3, -0.25) is 10.2 Å². The molecular weight excluding hydrogens is 332 g/mol. The lowest BCUT2D eigenvalue weighted by Gasteiger charge is -2.06. The number of benzene rings is 1. The van der Waals surface area contributed by atoms with E-state index in [2.05, 4.69) is 32.8 Å².